The second-order valence-corrected chi connectivity index (χ2v) is 8.39. The van der Waals surface area contributed by atoms with Gasteiger partial charge in [0.25, 0.3) is 0 Å². The lowest BCUT2D eigenvalue weighted by Gasteiger charge is -2.21. The molecule has 0 amide bonds. The van der Waals surface area contributed by atoms with Crippen molar-refractivity contribution in [2.24, 2.45) is 0 Å². The summed E-state index contributed by atoms with van der Waals surface area (Å²) in [7, 11) is -3.86. The lowest BCUT2D eigenvalue weighted by Crippen LogP contribution is -2.30. The zero-order valence-electron chi connectivity index (χ0n) is 12.4. The first-order chi connectivity index (χ1) is 11.5. The molecule has 0 spiro atoms. The summed E-state index contributed by atoms with van der Waals surface area (Å²) in [6.45, 7) is 0.262. The van der Waals surface area contributed by atoms with E-state index in [1.54, 1.807) is 12.1 Å². The van der Waals surface area contributed by atoms with Crippen molar-refractivity contribution >= 4 is 33.0 Å². The van der Waals surface area contributed by atoms with Gasteiger partial charge in [0.1, 0.15) is 11.6 Å². The Labute approximate surface area is 148 Å². The van der Waals surface area contributed by atoms with Gasteiger partial charge in [-0.1, -0.05) is 17.7 Å². The Morgan fingerprint density at radius 3 is 2.62 bits per heavy atom. The highest BCUT2D eigenvalue weighted by molar-refractivity contribution is 7.89. The highest BCUT2D eigenvalue weighted by atomic mass is 35.5. The first kappa shape index (κ1) is 17.2. The van der Waals surface area contributed by atoms with Gasteiger partial charge in [-0.05, 0) is 41.8 Å². The number of thiophene rings is 1. The molecule has 0 radical (unpaired) electrons. The summed E-state index contributed by atoms with van der Waals surface area (Å²) in [5.41, 5.74) is 0. The molecule has 3 rings (SSSR count). The maximum atomic E-state index is 13.3. The van der Waals surface area contributed by atoms with Crippen molar-refractivity contribution in [3.63, 3.8) is 0 Å². The van der Waals surface area contributed by atoms with Gasteiger partial charge in [0.2, 0.25) is 10.0 Å². The fraction of sp³-hybridized carbons (Fsp3) is 0.125. The topological polar surface area (TPSA) is 50.5 Å². The maximum absolute atomic E-state index is 13.3. The van der Waals surface area contributed by atoms with Crippen LogP contribution in [0.2, 0.25) is 5.02 Å². The molecule has 0 unspecified atom stereocenters. The van der Waals surface area contributed by atoms with Gasteiger partial charge in [0, 0.05) is 11.4 Å². The number of nitrogens with zero attached hydrogens (tertiary/aromatic N) is 1. The van der Waals surface area contributed by atoms with E-state index >= 15 is 0 Å². The SMILES string of the molecule is O=S(=O)(c1ccc(F)c(Cl)c1)N(Cc1ccco1)Cc1cccs1. The van der Waals surface area contributed by atoms with Gasteiger partial charge in [0.15, 0.2) is 0 Å². The lowest BCUT2D eigenvalue weighted by atomic mass is 10.3. The van der Waals surface area contributed by atoms with Crippen LogP contribution in [0.15, 0.2) is 63.4 Å². The quantitative estimate of drug-likeness (QED) is 0.626. The summed E-state index contributed by atoms with van der Waals surface area (Å²) in [6, 6.07) is 10.5. The van der Waals surface area contributed by atoms with Gasteiger partial charge in [-0.15, -0.1) is 11.3 Å². The molecule has 126 valence electrons. The number of sulfonamides is 1. The number of hydrogen-bond donors (Lipinski definition) is 0. The number of benzene rings is 1. The Kier molecular flexibility index (Phi) is 5.05. The van der Waals surface area contributed by atoms with E-state index in [2.05, 4.69) is 0 Å². The van der Waals surface area contributed by atoms with Crippen molar-refractivity contribution in [3.05, 3.63) is 75.6 Å². The molecule has 0 aliphatic heterocycles. The third-order valence-electron chi connectivity index (χ3n) is 3.35. The summed E-state index contributed by atoms with van der Waals surface area (Å²) in [6.07, 6.45) is 1.49. The molecule has 2 heterocycles. The maximum Gasteiger partial charge on any atom is 0.243 e. The first-order valence-electron chi connectivity index (χ1n) is 6.97. The van der Waals surface area contributed by atoms with Crippen molar-refractivity contribution in [2.75, 3.05) is 0 Å². The van der Waals surface area contributed by atoms with E-state index in [0.29, 0.717) is 5.76 Å². The number of furan rings is 1. The summed E-state index contributed by atoms with van der Waals surface area (Å²) < 4.78 is 45.8. The Morgan fingerprint density at radius 2 is 2.00 bits per heavy atom. The van der Waals surface area contributed by atoms with Crippen LogP contribution in [0.3, 0.4) is 0 Å². The Hall–Kier alpha value is -1.67. The minimum absolute atomic E-state index is 0.0583. The van der Waals surface area contributed by atoms with Crippen LogP contribution in [0.25, 0.3) is 0 Å². The molecule has 0 atom stereocenters. The van der Waals surface area contributed by atoms with Gasteiger partial charge in [0.05, 0.1) is 22.7 Å². The second kappa shape index (κ2) is 7.06. The van der Waals surface area contributed by atoms with Crippen LogP contribution in [0.4, 0.5) is 4.39 Å². The Bertz CT molecular complexity index is 873. The van der Waals surface area contributed by atoms with Gasteiger partial charge >= 0.3 is 0 Å². The van der Waals surface area contributed by atoms with E-state index in [0.717, 1.165) is 17.0 Å². The van der Waals surface area contributed by atoms with Crippen molar-refractivity contribution in [1.29, 1.82) is 0 Å². The zero-order valence-corrected chi connectivity index (χ0v) is 14.7. The highest BCUT2D eigenvalue weighted by Crippen LogP contribution is 2.26. The van der Waals surface area contributed by atoms with Crippen LogP contribution in [0.5, 0.6) is 0 Å². The molecule has 1 aromatic carbocycles. The molecule has 0 aliphatic rings. The molecule has 0 fully saturated rings. The predicted octanol–water partition coefficient (Wildman–Crippen LogP) is 4.52. The van der Waals surface area contributed by atoms with Gasteiger partial charge in [-0.25, -0.2) is 12.8 Å². The molecule has 0 aliphatic carbocycles. The number of rotatable bonds is 6. The van der Waals surface area contributed by atoms with Crippen molar-refractivity contribution in [3.8, 4) is 0 Å². The average Bonchev–Trinajstić information content (AvgIpc) is 3.23. The van der Waals surface area contributed by atoms with Crippen molar-refractivity contribution < 1.29 is 17.2 Å². The smallest absolute Gasteiger partial charge is 0.243 e. The van der Waals surface area contributed by atoms with E-state index in [9.17, 15) is 12.8 Å². The minimum Gasteiger partial charge on any atom is -0.468 e. The molecule has 4 nitrogen and oxygen atoms in total. The lowest BCUT2D eigenvalue weighted by molar-refractivity contribution is 0.360. The molecular weight excluding hydrogens is 373 g/mol. The molecule has 24 heavy (non-hydrogen) atoms. The van der Waals surface area contributed by atoms with E-state index in [4.69, 9.17) is 16.0 Å². The molecule has 0 bridgehead atoms. The second-order valence-electron chi connectivity index (χ2n) is 5.01. The van der Waals surface area contributed by atoms with E-state index in [1.807, 2.05) is 17.5 Å². The van der Waals surface area contributed by atoms with Crippen LogP contribution in [-0.2, 0) is 23.1 Å². The normalized spacial score (nSPS) is 12.0. The van der Waals surface area contributed by atoms with Gasteiger partial charge < -0.3 is 4.42 Å². The summed E-state index contributed by atoms with van der Waals surface area (Å²) in [4.78, 5) is 0.829. The molecule has 3 aromatic rings. The monoisotopic (exact) mass is 385 g/mol. The summed E-state index contributed by atoms with van der Waals surface area (Å²) in [5.74, 6) is -0.144. The van der Waals surface area contributed by atoms with Crippen molar-refractivity contribution in [1.82, 2.24) is 4.31 Å². The van der Waals surface area contributed by atoms with Crippen molar-refractivity contribution in [2.45, 2.75) is 18.0 Å². The van der Waals surface area contributed by atoms with E-state index < -0.39 is 15.8 Å². The standard InChI is InChI=1S/C16H13ClFNO3S2/c17-15-9-14(5-6-16(15)18)24(20,21)19(10-12-3-1-7-22-12)11-13-4-2-8-23-13/h1-9H,10-11H2. The van der Waals surface area contributed by atoms with Gasteiger partial charge in [-0.2, -0.15) is 4.31 Å². The Balaban J connectivity index is 1.97. The van der Waals surface area contributed by atoms with Crippen LogP contribution in [0.1, 0.15) is 10.6 Å². The Morgan fingerprint density at radius 1 is 1.17 bits per heavy atom. The average molecular weight is 386 g/mol. The highest BCUT2D eigenvalue weighted by Gasteiger charge is 2.27. The van der Waals surface area contributed by atoms with Crippen LogP contribution >= 0.6 is 22.9 Å². The molecule has 0 N–H and O–H groups in total. The predicted molar refractivity (Wildman–Crippen MR) is 90.9 cm³/mol. The zero-order chi connectivity index (χ0) is 17.2. The molecule has 0 saturated carbocycles. The fourth-order valence-electron chi connectivity index (χ4n) is 2.16. The van der Waals surface area contributed by atoms with Crippen LogP contribution in [0, 0.1) is 5.82 Å². The molecule has 0 saturated heterocycles. The first-order valence-corrected chi connectivity index (χ1v) is 9.66. The summed E-state index contributed by atoms with van der Waals surface area (Å²) >= 11 is 7.19. The number of hydrogen-bond acceptors (Lipinski definition) is 4. The third-order valence-corrected chi connectivity index (χ3v) is 6.29. The fourth-order valence-corrected chi connectivity index (χ4v) is 4.62. The minimum atomic E-state index is -3.86. The molecule has 2 aromatic heterocycles. The number of halogens is 2. The van der Waals surface area contributed by atoms with Crippen LogP contribution in [-0.4, -0.2) is 12.7 Å². The largest absolute Gasteiger partial charge is 0.468 e. The summed E-state index contributed by atoms with van der Waals surface area (Å²) in [5, 5.41) is 1.65. The molecular formula is C16H13ClFNO3S2. The van der Waals surface area contributed by atoms with Crippen LogP contribution < -0.4 is 0 Å². The third kappa shape index (κ3) is 3.70. The van der Waals surface area contributed by atoms with E-state index in [1.165, 1.54) is 28.0 Å². The van der Waals surface area contributed by atoms with E-state index in [-0.39, 0.29) is 23.0 Å². The molecule has 8 heteroatoms. The van der Waals surface area contributed by atoms with Gasteiger partial charge in [-0.3, -0.25) is 0 Å².